The standard InChI is InChI=1S/C25H30Cl2F3N3O/c1-3-4-17-5-6-20(26)9-19(17)13-32-24(34)18-10-22(25(28,29)30)21(23(27)11-18)15-33-8-7-16(14-33)12-31-2/h5-6,9-11,16,31H,3-4,7-8,12-15H2,1-2H3,(H,32,34). The Morgan fingerprint density at radius 1 is 1.18 bits per heavy atom. The van der Waals surface area contributed by atoms with Crippen LogP contribution in [-0.2, 0) is 25.7 Å². The highest BCUT2D eigenvalue weighted by molar-refractivity contribution is 6.32. The van der Waals surface area contributed by atoms with E-state index in [9.17, 15) is 18.0 Å². The molecule has 1 aliphatic heterocycles. The van der Waals surface area contributed by atoms with Crippen molar-refractivity contribution in [1.82, 2.24) is 15.5 Å². The van der Waals surface area contributed by atoms with Crippen LogP contribution in [0.5, 0.6) is 0 Å². The minimum Gasteiger partial charge on any atom is -0.348 e. The van der Waals surface area contributed by atoms with Gasteiger partial charge in [-0.15, -0.1) is 0 Å². The van der Waals surface area contributed by atoms with Crippen LogP contribution < -0.4 is 10.6 Å². The molecule has 1 heterocycles. The molecule has 1 atom stereocenters. The van der Waals surface area contributed by atoms with E-state index in [-0.39, 0.29) is 29.2 Å². The van der Waals surface area contributed by atoms with Crippen molar-refractivity contribution in [3.8, 4) is 0 Å². The number of nitrogens with zero attached hydrogens (tertiary/aromatic N) is 1. The average molecular weight is 516 g/mol. The van der Waals surface area contributed by atoms with Crippen molar-refractivity contribution in [2.24, 2.45) is 5.92 Å². The number of amides is 1. The van der Waals surface area contributed by atoms with E-state index >= 15 is 0 Å². The van der Waals surface area contributed by atoms with Gasteiger partial charge in [0.2, 0.25) is 0 Å². The smallest absolute Gasteiger partial charge is 0.348 e. The Bertz CT molecular complexity index is 1010. The zero-order valence-corrected chi connectivity index (χ0v) is 20.9. The molecule has 2 aromatic rings. The minimum atomic E-state index is -4.62. The fraction of sp³-hybridized carbons (Fsp3) is 0.480. The summed E-state index contributed by atoms with van der Waals surface area (Å²) in [5.74, 6) is -0.219. The third-order valence-corrected chi connectivity index (χ3v) is 6.71. The summed E-state index contributed by atoms with van der Waals surface area (Å²) in [5, 5.41) is 6.32. The molecule has 1 amide bonds. The number of nitrogens with one attached hydrogen (secondary N) is 2. The summed E-state index contributed by atoms with van der Waals surface area (Å²) in [4.78, 5) is 14.8. The Kier molecular flexibility index (Phi) is 9.27. The molecule has 0 spiro atoms. The van der Waals surface area contributed by atoms with Gasteiger partial charge in [-0.05, 0) is 79.9 Å². The quantitative estimate of drug-likeness (QED) is 0.434. The van der Waals surface area contributed by atoms with Gasteiger partial charge in [-0.25, -0.2) is 0 Å². The SMILES string of the molecule is CCCc1ccc(Cl)cc1CNC(=O)c1cc(Cl)c(CN2CCC(CNC)C2)c(C(F)(F)F)c1. The molecule has 0 aromatic heterocycles. The maximum absolute atomic E-state index is 13.9. The van der Waals surface area contributed by atoms with Crippen molar-refractivity contribution >= 4 is 29.1 Å². The minimum absolute atomic E-state index is 0.0101. The van der Waals surface area contributed by atoms with Crippen LogP contribution >= 0.6 is 23.2 Å². The van der Waals surface area contributed by atoms with Crippen molar-refractivity contribution in [1.29, 1.82) is 0 Å². The first kappa shape index (κ1) is 26.8. The van der Waals surface area contributed by atoms with E-state index < -0.39 is 17.6 Å². The normalized spacial score (nSPS) is 16.7. The van der Waals surface area contributed by atoms with Gasteiger partial charge in [-0.3, -0.25) is 9.69 Å². The fourth-order valence-corrected chi connectivity index (χ4v) is 4.94. The lowest BCUT2D eigenvalue weighted by atomic mass is 10.0. The molecule has 0 saturated carbocycles. The molecule has 3 rings (SSSR count). The summed E-state index contributed by atoms with van der Waals surface area (Å²) in [6.45, 7) is 4.54. The average Bonchev–Trinajstić information content (AvgIpc) is 3.21. The lowest BCUT2D eigenvalue weighted by Gasteiger charge is -2.21. The molecule has 1 aliphatic rings. The second-order valence-corrected chi connectivity index (χ2v) is 9.62. The highest BCUT2D eigenvalue weighted by atomic mass is 35.5. The first-order valence-electron chi connectivity index (χ1n) is 11.4. The zero-order valence-electron chi connectivity index (χ0n) is 19.4. The van der Waals surface area contributed by atoms with Crippen molar-refractivity contribution < 1.29 is 18.0 Å². The topological polar surface area (TPSA) is 44.4 Å². The lowest BCUT2D eigenvalue weighted by molar-refractivity contribution is -0.138. The number of alkyl halides is 3. The van der Waals surface area contributed by atoms with Crippen molar-refractivity contribution in [2.75, 3.05) is 26.7 Å². The molecule has 1 unspecified atom stereocenters. The number of hydrogen-bond donors (Lipinski definition) is 2. The second-order valence-electron chi connectivity index (χ2n) is 8.78. The van der Waals surface area contributed by atoms with Crippen LogP contribution in [0, 0.1) is 5.92 Å². The molecule has 9 heteroatoms. The van der Waals surface area contributed by atoms with Crippen LogP contribution in [0.1, 0.15) is 52.4 Å². The maximum atomic E-state index is 13.9. The molecule has 186 valence electrons. The summed E-state index contributed by atoms with van der Waals surface area (Å²) in [5.41, 5.74) is 0.910. The van der Waals surface area contributed by atoms with Gasteiger partial charge in [-0.2, -0.15) is 13.2 Å². The highest BCUT2D eigenvalue weighted by Crippen LogP contribution is 2.37. The number of carbonyl (C=O) groups is 1. The Labute approximate surface area is 208 Å². The Hall–Kier alpha value is -1.80. The third kappa shape index (κ3) is 6.87. The number of halogens is 5. The monoisotopic (exact) mass is 515 g/mol. The van der Waals surface area contributed by atoms with Crippen LogP contribution in [0.4, 0.5) is 13.2 Å². The van der Waals surface area contributed by atoms with Crippen molar-refractivity contribution in [2.45, 2.75) is 45.5 Å². The Balaban J connectivity index is 1.80. The number of aryl methyl sites for hydroxylation is 1. The number of likely N-dealkylation sites (tertiary alicyclic amines) is 1. The largest absolute Gasteiger partial charge is 0.416 e. The Morgan fingerprint density at radius 3 is 2.62 bits per heavy atom. The molecular weight excluding hydrogens is 486 g/mol. The van der Waals surface area contributed by atoms with E-state index in [1.165, 1.54) is 6.07 Å². The molecule has 1 fully saturated rings. The van der Waals surface area contributed by atoms with Gasteiger partial charge in [0.05, 0.1) is 5.56 Å². The van der Waals surface area contributed by atoms with Gasteiger partial charge in [0.15, 0.2) is 0 Å². The van der Waals surface area contributed by atoms with E-state index in [1.807, 2.05) is 24.9 Å². The van der Waals surface area contributed by atoms with Gasteiger partial charge in [0.25, 0.3) is 5.91 Å². The molecule has 0 aliphatic carbocycles. The predicted octanol–water partition coefficient (Wildman–Crippen LogP) is 5.94. The van der Waals surface area contributed by atoms with Gasteiger partial charge in [0.1, 0.15) is 0 Å². The van der Waals surface area contributed by atoms with Gasteiger partial charge >= 0.3 is 6.18 Å². The highest BCUT2D eigenvalue weighted by Gasteiger charge is 2.36. The van der Waals surface area contributed by atoms with Crippen LogP contribution in [0.3, 0.4) is 0 Å². The van der Waals surface area contributed by atoms with E-state index in [0.717, 1.165) is 43.0 Å². The first-order valence-corrected chi connectivity index (χ1v) is 12.2. The van der Waals surface area contributed by atoms with Gasteiger partial charge in [0, 0.05) is 35.2 Å². The molecule has 0 radical (unpaired) electrons. The summed E-state index contributed by atoms with van der Waals surface area (Å²) in [6, 6.07) is 7.69. The third-order valence-electron chi connectivity index (χ3n) is 6.13. The summed E-state index contributed by atoms with van der Waals surface area (Å²) in [6.07, 6.45) is -1.97. The first-order chi connectivity index (χ1) is 16.1. The number of carbonyl (C=O) groups excluding carboxylic acids is 1. The van der Waals surface area contributed by atoms with Gasteiger partial charge in [-0.1, -0.05) is 42.6 Å². The van der Waals surface area contributed by atoms with E-state index in [1.54, 1.807) is 12.1 Å². The van der Waals surface area contributed by atoms with Crippen molar-refractivity contribution in [3.05, 3.63) is 68.2 Å². The molecule has 2 aromatic carbocycles. The van der Waals surface area contributed by atoms with Crippen LogP contribution in [-0.4, -0.2) is 37.5 Å². The summed E-state index contributed by atoms with van der Waals surface area (Å²) >= 11 is 12.4. The Morgan fingerprint density at radius 2 is 1.94 bits per heavy atom. The van der Waals surface area contributed by atoms with Crippen LogP contribution in [0.2, 0.25) is 10.0 Å². The summed E-state index contributed by atoms with van der Waals surface area (Å²) in [7, 11) is 1.86. The molecule has 0 bridgehead atoms. The predicted molar refractivity (Wildman–Crippen MR) is 130 cm³/mol. The fourth-order valence-electron chi connectivity index (χ4n) is 4.47. The van der Waals surface area contributed by atoms with Crippen molar-refractivity contribution in [3.63, 3.8) is 0 Å². The van der Waals surface area contributed by atoms with Crippen LogP contribution in [0.25, 0.3) is 0 Å². The zero-order chi connectivity index (χ0) is 24.9. The lowest BCUT2D eigenvalue weighted by Crippen LogP contribution is -2.27. The van der Waals surface area contributed by atoms with E-state index in [4.69, 9.17) is 23.2 Å². The molecule has 2 N–H and O–H groups in total. The van der Waals surface area contributed by atoms with Gasteiger partial charge < -0.3 is 10.6 Å². The molecule has 4 nitrogen and oxygen atoms in total. The molecule has 1 saturated heterocycles. The summed E-state index contributed by atoms with van der Waals surface area (Å²) < 4.78 is 41.8. The molecular formula is C25H30Cl2F3N3O. The second kappa shape index (κ2) is 11.8. The van der Waals surface area contributed by atoms with E-state index in [0.29, 0.717) is 24.0 Å². The maximum Gasteiger partial charge on any atom is 0.416 e. The number of benzene rings is 2. The van der Waals surface area contributed by atoms with E-state index in [2.05, 4.69) is 10.6 Å². The van der Waals surface area contributed by atoms with Crippen LogP contribution in [0.15, 0.2) is 30.3 Å². The molecule has 34 heavy (non-hydrogen) atoms. The number of hydrogen-bond acceptors (Lipinski definition) is 3. The number of rotatable bonds is 9.